The van der Waals surface area contributed by atoms with Crippen LogP contribution in [0.2, 0.25) is 0 Å². The third-order valence-corrected chi connectivity index (χ3v) is 3.71. The number of benzene rings is 1. The third-order valence-electron chi connectivity index (χ3n) is 3.71. The van der Waals surface area contributed by atoms with Crippen LogP contribution < -0.4 is 5.32 Å². The van der Waals surface area contributed by atoms with Crippen LogP contribution in [0, 0.1) is 0 Å². The van der Waals surface area contributed by atoms with Crippen molar-refractivity contribution in [3.63, 3.8) is 0 Å². The van der Waals surface area contributed by atoms with E-state index in [0.29, 0.717) is 0 Å². The summed E-state index contributed by atoms with van der Waals surface area (Å²) in [5.74, 6) is 0.976. The molecule has 0 amide bonds. The first-order chi connectivity index (χ1) is 10.3. The second-order valence-electron chi connectivity index (χ2n) is 5.38. The van der Waals surface area contributed by atoms with Crippen LogP contribution in [-0.4, -0.2) is 25.5 Å². The van der Waals surface area contributed by atoms with Crippen molar-refractivity contribution in [2.24, 2.45) is 0 Å². The van der Waals surface area contributed by atoms with Crippen LogP contribution in [0.5, 0.6) is 0 Å². The number of hydrogen-bond acceptors (Lipinski definition) is 4. The summed E-state index contributed by atoms with van der Waals surface area (Å²) >= 11 is 0. The molecule has 2 heterocycles. The van der Waals surface area contributed by atoms with Crippen LogP contribution in [0.1, 0.15) is 17.4 Å². The molecule has 1 aromatic carbocycles. The largest absolute Gasteiger partial charge is 0.468 e. The minimum absolute atomic E-state index is 0.221. The Kier molecular flexibility index (Phi) is 4.08. The molecule has 0 aliphatic heterocycles. The topological polar surface area (TPSA) is 41.5 Å². The van der Waals surface area contributed by atoms with Gasteiger partial charge >= 0.3 is 0 Å². The number of hydrogen-bond donors (Lipinski definition) is 1. The lowest BCUT2D eigenvalue weighted by Crippen LogP contribution is -2.30. The number of likely N-dealkylation sites (N-methyl/N-ethyl adjacent to an activating group) is 1. The number of nitrogens with zero attached hydrogens (tertiary/aromatic N) is 1. The Hall–Kier alpha value is -2.04. The molecule has 2 aromatic heterocycles. The summed E-state index contributed by atoms with van der Waals surface area (Å²) in [5, 5.41) is 4.66. The molecule has 21 heavy (non-hydrogen) atoms. The SMILES string of the molecule is CN(C)C(CNCc1coc2ccccc12)c1ccco1. The van der Waals surface area contributed by atoms with E-state index in [1.807, 2.05) is 36.6 Å². The molecule has 0 saturated carbocycles. The summed E-state index contributed by atoms with van der Waals surface area (Å²) in [4.78, 5) is 2.15. The van der Waals surface area contributed by atoms with Crippen LogP contribution in [-0.2, 0) is 6.54 Å². The fourth-order valence-electron chi connectivity index (χ4n) is 2.53. The van der Waals surface area contributed by atoms with Gasteiger partial charge in [-0.1, -0.05) is 18.2 Å². The number of para-hydroxylation sites is 1. The van der Waals surface area contributed by atoms with Gasteiger partial charge in [0.2, 0.25) is 0 Å². The van der Waals surface area contributed by atoms with E-state index in [-0.39, 0.29) is 6.04 Å². The van der Waals surface area contributed by atoms with Crippen molar-refractivity contribution < 1.29 is 8.83 Å². The smallest absolute Gasteiger partial charge is 0.134 e. The molecular weight excluding hydrogens is 264 g/mol. The zero-order chi connectivity index (χ0) is 14.7. The van der Waals surface area contributed by atoms with Crippen molar-refractivity contribution in [2.45, 2.75) is 12.6 Å². The first-order valence-corrected chi connectivity index (χ1v) is 7.11. The van der Waals surface area contributed by atoms with Gasteiger partial charge in [0.15, 0.2) is 0 Å². The predicted molar refractivity (Wildman–Crippen MR) is 83.1 cm³/mol. The van der Waals surface area contributed by atoms with Gasteiger partial charge in [-0.3, -0.25) is 4.90 Å². The lowest BCUT2D eigenvalue weighted by Gasteiger charge is -2.22. The zero-order valence-corrected chi connectivity index (χ0v) is 12.4. The van der Waals surface area contributed by atoms with E-state index < -0.39 is 0 Å². The quantitative estimate of drug-likeness (QED) is 0.753. The molecule has 0 fully saturated rings. The van der Waals surface area contributed by atoms with Crippen molar-refractivity contribution in [1.82, 2.24) is 10.2 Å². The minimum Gasteiger partial charge on any atom is -0.468 e. The Morgan fingerprint density at radius 2 is 1.95 bits per heavy atom. The van der Waals surface area contributed by atoms with Crippen molar-refractivity contribution in [2.75, 3.05) is 20.6 Å². The molecule has 1 N–H and O–H groups in total. The van der Waals surface area contributed by atoms with Crippen molar-refractivity contribution >= 4 is 11.0 Å². The fourth-order valence-corrected chi connectivity index (χ4v) is 2.53. The average molecular weight is 284 g/mol. The van der Waals surface area contributed by atoms with Crippen LogP contribution in [0.15, 0.2) is 57.8 Å². The summed E-state index contributed by atoms with van der Waals surface area (Å²) in [6.07, 6.45) is 3.55. The molecule has 4 heteroatoms. The average Bonchev–Trinajstić information content (AvgIpc) is 3.13. The molecule has 1 atom stereocenters. The summed E-state index contributed by atoms with van der Waals surface area (Å²) in [5.41, 5.74) is 2.12. The maximum atomic E-state index is 5.56. The van der Waals surface area contributed by atoms with E-state index in [2.05, 4.69) is 30.4 Å². The van der Waals surface area contributed by atoms with E-state index >= 15 is 0 Å². The molecule has 0 saturated heterocycles. The molecule has 3 aromatic rings. The van der Waals surface area contributed by atoms with Gasteiger partial charge in [-0.15, -0.1) is 0 Å². The maximum Gasteiger partial charge on any atom is 0.134 e. The van der Waals surface area contributed by atoms with Gasteiger partial charge < -0.3 is 14.2 Å². The highest BCUT2D eigenvalue weighted by atomic mass is 16.3. The normalized spacial score (nSPS) is 13.1. The zero-order valence-electron chi connectivity index (χ0n) is 12.4. The molecule has 3 rings (SSSR count). The standard InChI is InChI=1S/C17H20N2O2/c1-19(2)15(17-8-5-9-20-17)11-18-10-13-12-21-16-7-4-3-6-14(13)16/h3-9,12,15,18H,10-11H2,1-2H3. The molecular formula is C17H20N2O2. The molecule has 0 bridgehead atoms. The minimum atomic E-state index is 0.221. The van der Waals surface area contributed by atoms with Crippen molar-refractivity contribution in [1.29, 1.82) is 0 Å². The van der Waals surface area contributed by atoms with Gasteiger partial charge in [0.05, 0.1) is 18.6 Å². The number of fused-ring (bicyclic) bond motifs is 1. The van der Waals surface area contributed by atoms with Gasteiger partial charge in [0.25, 0.3) is 0 Å². The highest BCUT2D eigenvalue weighted by molar-refractivity contribution is 5.80. The Morgan fingerprint density at radius 1 is 1.10 bits per heavy atom. The van der Waals surface area contributed by atoms with E-state index in [9.17, 15) is 0 Å². The van der Waals surface area contributed by atoms with E-state index in [1.165, 1.54) is 10.9 Å². The Balaban J connectivity index is 1.65. The molecule has 0 aliphatic carbocycles. The van der Waals surface area contributed by atoms with Crippen LogP contribution in [0.4, 0.5) is 0 Å². The van der Waals surface area contributed by atoms with Gasteiger partial charge in [-0.25, -0.2) is 0 Å². The number of furan rings is 2. The second kappa shape index (κ2) is 6.16. The number of rotatable bonds is 6. The fraction of sp³-hybridized carbons (Fsp3) is 0.294. The number of nitrogens with one attached hydrogen (secondary N) is 1. The van der Waals surface area contributed by atoms with Crippen LogP contribution in [0.25, 0.3) is 11.0 Å². The van der Waals surface area contributed by atoms with E-state index in [4.69, 9.17) is 8.83 Å². The molecule has 0 spiro atoms. The van der Waals surface area contributed by atoms with Gasteiger partial charge in [-0.05, 0) is 32.3 Å². The van der Waals surface area contributed by atoms with E-state index in [0.717, 1.165) is 24.4 Å². The molecule has 1 unspecified atom stereocenters. The highest BCUT2D eigenvalue weighted by Crippen LogP contribution is 2.21. The molecule has 4 nitrogen and oxygen atoms in total. The Labute approximate surface area is 124 Å². The maximum absolute atomic E-state index is 5.56. The summed E-state index contributed by atoms with van der Waals surface area (Å²) in [7, 11) is 4.12. The summed E-state index contributed by atoms with van der Waals surface area (Å²) in [6.45, 7) is 1.60. The van der Waals surface area contributed by atoms with E-state index in [1.54, 1.807) is 6.26 Å². The Bertz CT molecular complexity index is 686. The summed E-state index contributed by atoms with van der Waals surface area (Å²) in [6, 6.07) is 12.3. The first kappa shape index (κ1) is 13.9. The lowest BCUT2D eigenvalue weighted by molar-refractivity contribution is 0.250. The van der Waals surface area contributed by atoms with Crippen molar-refractivity contribution in [3.05, 3.63) is 60.2 Å². The van der Waals surface area contributed by atoms with Crippen LogP contribution in [0.3, 0.4) is 0 Å². The predicted octanol–water partition coefficient (Wildman–Crippen LogP) is 3.42. The third kappa shape index (κ3) is 3.01. The molecule has 0 radical (unpaired) electrons. The first-order valence-electron chi connectivity index (χ1n) is 7.11. The Morgan fingerprint density at radius 3 is 2.71 bits per heavy atom. The van der Waals surface area contributed by atoms with Gasteiger partial charge in [-0.2, -0.15) is 0 Å². The van der Waals surface area contributed by atoms with Gasteiger partial charge in [0.1, 0.15) is 11.3 Å². The molecule has 110 valence electrons. The highest BCUT2D eigenvalue weighted by Gasteiger charge is 2.16. The summed E-state index contributed by atoms with van der Waals surface area (Å²) < 4.78 is 11.1. The second-order valence-corrected chi connectivity index (χ2v) is 5.38. The van der Waals surface area contributed by atoms with Crippen molar-refractivity contribution in [3.8, 4) is 0 Å². The van der Waals surface area contributed by atoms with Gasteiger partial charge in [0, 0.05) is 24.0 Å². The molecule has 0 aliphatic rings. The van der Waals surface area contributed by atoms with Crippen LogP contribution >= 0.6 is 0 Å². The lowest BCUT2D eigenvalue weighted by atomic mass is 10.1. The monoisotopic (exact) mass is 284 g/mol.